The summed E-state index contributed by atoms with van der Waals surface area (Å²) in [7, 11) is -4.78. The second-order valence-corrected chi connectivity index (χ2v) is 4.39. The Labute approximate surface area is 82.2 Å². The number of aromatic nitrogens is 3. The molecule has 0 aliphatic carbocycles. The maximum Gasteiger partial charge on any atom is 0.368 e. The molecule has 80 valence electrons. The normalized spacial score (nSPS) is 12.4. The number of rotatable bonds is 3. The highest BCUT2D eigenvalue weighted by Gasteiger charge is 2.24. The van der Waals surface area contributed by atoms with Crippen LogP contribution in [0.15, 0.2) is 5.16 Å². The topological polar surface area (TPSA) is 64.8 Å². The van der Waals surface area contributed by atoms with Crippen molar-refractivity contribution in [2.24, 2.45) is 0 Å². The lowest BCUT2D eigenvalue weighted by atomic mass is 10.3. The van der Waals surface area contributed by atoms with E-state index in [9.17, 15) is 12.3 Å². The molecule has 0 atom stereocenters. The van der Waals surface area contributed by atoms with Gasteiger partial charge in [-0.05, 0) is 13.8 Å². The van der Waals surface area contributed by atoms with E-state index in [2.05, 4.69) is 10.2 Å². The van der Waals surface area contributed by atoms with Crippen molar-refractivity contribution >= 4 is 10.2 Å². The van der Waals surface area contributed by atoms with E-state index in [-0.39, 0.29) is 6.04 Å². The van der Waals surface area contributed by atoms with Crippen molar-refractivity contribution in [1.82, 2.24) is 14.8 Å². The van der Waals surface area contributed by atoms with Gasteiger partial charge in [0.25, 0.3) is 5.16 Å². The third kappa shape index (κ3) is 1.92. The standard InChI is InChI=1S/C7H12FN3O2S/c1-4-6-9-10-7(14(8,12)13)11(6)5(2)3/h5H,4H2,1-3H3. The summed E-state index contributed by atoms with van der Waals surface area (Å²) in [6, 6.07) is -0.180. The molecule has 0 bridgehead atoms. The zero-order chi connectivity index (χ0) is 10.9. The monoisotopic (exact) mass is 221 g/mol. The molecule has 0 N–H and O–H groups in total. The fraction of sp³-hybridized carbons (Fsp3) is 0.714. The van der Waals surface area contributed by atoms with Gasteiger partial charge < -0.3 is 0 Å². The van der Waals surface area contributed by atoms with Gasteiger partial charge in [0.2, 0.25) is 0 Å². The van der Waals surface area contributed by atoms with Crippen LogP contribution < -0.4 is 0 Å². The number of halogens is 1. The Morgan fingerprint density at radius 1 is 1.43 bits per heavy atom. The van der Waals surface area contributed by atoms with Gasteiger partial charge in [-0.1, -0.05) is 10.8 Å². The minimum Gasteiger partial charge on any atom is -0.297 e. The van der Waals surface area contributed by atoms with Crippen molar-refractivity contribution < 1.29 is 12.3 Å². The fourth-order valence-electron chi connectivity index (χ4n) is 1.23. The average Bonchev–Trinajstić information content (AvgIpc) is 2.45. The van der Waals surface area contributed by atoms with Gasteiger partial charge in [0.05, 0.1) is 0 Å². The molecular formula is C7H12FN3O2S. The van der Waals surface area contributed by atoms with Crippen LogP contribution in [0, 0.1) is 0 Å². The van der Waals surface area contributed by atoms with Gasteiger partial charge in [0.1, 0.15) is 5.82 Å². The average molecular weight is 221 g/mol. The molecule has 1 aromatic rings. The van der Waals surface area contributed by atoms with Crippen LogP contribution in [0.25, 0.3) is 0 Å². The van der Waals surface area contributed by atoms with Crippen molar-refractivity contribution in [2.75, 3.05) is 0 Å². The Hall–Kier alpha value is -0.980. The molecule has 0 saturated carbocycles. The van der Waals surface area contributed by atoms with Crippen LogP contribution in [0.2, 0.25) is 0 Å². The molecule has 7 heteroatoms. The van der Waals surface area contributed by atoms with Crippen molar-refractivity contribution in [3.63, 3.8) is 0 Å². The lowest BCUT2D eigenvalue weighted by molar-refractivity contribution is 0.486. The van der Waals surface area contributed by atoms with E-state index in [0.717, 1.165) is 0 Å². The summed E-state index contributed by atoms with van der Waals surface area (Å²) in [5, 5.41) is 6.34. The summed E-state index contributed by atoms with van der Waals surface area (Å²) < 4.78 is 35.4. The van der Waals surface area contributed by atoms with Gasteiger partial charge in [-0.2, -0.15) is 8.42 Å². The minimum absolute atomic E-state index is 0.180. The number of hydrogen-bond donors (Lipinski definition) is 0. The van der Waals surface area contributed by atoms with Crippen molar-refractivity contribution in [2.45, 2.75) is 38.4 Å². The van der Waals surface area contributed by atoms with Crippen LogP contribution in [0.1, 0.15) is 32.6 Å². The first-order chi connectivity index (χ1) is 6.38. The van der Waals surface area contributed by atoms with E-state index in [1.165, 1.54) is 4.57 Å². The van der Waals surface area contributed by atoms with Gasteiger partial charge in [-0.15, -0.1) is 10.2 Å². The van der Waals surface area contributed by atoms with E-state index in [1.54, 1.807) is 20.8 Å². The second-order valence-electron chi connectivity index (χ2n) is 3.15. The van der Waals surface area contributed by atoms with Gasteiger partial charge >= 0.3 is 10.2 Å². The zero-order valence-electron chi connectivity index (χ0n) is 8.23. The van der Waals surface area contributed by atoms with Crippen molar-refractivity contribution in [1.29, 1.82) is 0 Å². The maximum absolute atomic E-state index is 12.7. The maximum atomic E-state index is 12.7. The van der Waals surface area contributed by atoms with Crippen LogP contribution >= 0.6 is 0 Å². The first-order valence-electron chi connectivity index (χ1n) is 4.26. The third-order valence-corrected chi connectivity index (χ3v) is 2.50. The van der Waals surface area contributed by atoms with Crippen LogP contribution in [0.5, 0.6) is 0 Å². The van der Waals surface area contributed by atoms with Crippen LogP contribution in [-0.4, -0.2) is 23.2 Å². The molecule has 0 radical (unpaired) electrons. The molecule has 1 heterocycles. The Kier molecular flexibility index (Phi) is 2.89. The molecule has 1 aromatic heterocycles. The van der Waals surface area contributed by atoms with Crippen molar-refractivity contribution in [3.8, 4) is 0 Å². The summed E-state index contributed by atoms with van der Waals surface area (Å²) in [4.78, 5) is 0. The largest absolute Gasteiger partial charge is 0.368 e. The van der Waals surface area contributed by atoms with Crippen LogP contribution in [-0.2, 0) is 16.6 Å². The molecule has 0 spiro atoms. The van der Waals surface area contributed by atoms with E-state index in [0.29, 0.717) is 12.2 Å². The summed E-state index contributed by atoms with van der Waals surface area (Å²) >= 11 is 0. The summed E-state index contributed by atoms with van der Waals surface area (Å²) in [5.74, 6) is 0.469. The first kappa shape index (κ1) is 11.1. The Morgan fingerprint density at radius 3 is 2.36 bits per heavy atom. The molecule has 0 fully saturated rings. The molecule has 0 aliphatic rings. The van der Waals surface area contributed by atoms with E-state index >= 15 is 0 Å². The summed E-state index contributed by atoms with van der Waals surface area (Å²) in [6.07, 6.45) is 0.515. The molecular weight excluding hydrogens is 209 g/mol. The molecule has 0 unspecified atom stereocenters. The smallest absolute Gasteiger partial charge is 0.297 e. The van der Waals surface area contributed by atoms with E-state index < -0.39 is 15.4 Å². The Balaban J connectivity index is 3.40. The quantitative estimate of drug-likeness (QED) is 0.716. The lowest BCUT2D eigenvalue weighted by Crippen LogP contribution is -2.11. The van der Waals surface area contributed by atoms with E-state index in [1.807, 2.05) is 0 Å². The SMILES string of the molecule is CCc1nnc(S(=O)(=O)F)n1C(C)C. The predicted octanol–water partition coefficient (Wildman–Crippen LogP) is 1.08. The minimum atomic E-state index is -4.78. The van der Waals surface area contributed by atoms with Gasteiger partial charge in [-0.3, -0.25) is 4.57 Å². The highest BCUT2D eigenvalue weighted by atomic mass is 32.3. The van der Waals surface area contributed by atoms with E-state index in [4.69, 9.17) is 0 Å². The Bertz CT molecular complexity index is 424. The van der Waals surface area contributed by atoms with Gasteiger partial charge in [0, 0.05) is 12.5 Å². The fourth-order valence-corrected chi connectivity index (χ4v) is 1.92. The molecule has 0 aromatic carbocycles. The predicted molar refractivity (Wildman–Crippen MR) is 48.1 cm³/mol. The van der Waals surface area contributed by atoms with Crippen LogP contribution in [0.4, 0.5) is 3.89 Å². The molecule has 14 heavy (non-hydrogen) atoms. The number of hydrogen-bond acceptors (Lipinski definition) is 4. The molecule has 0 aliphatic heterocycles. The Morgan fingerprint density at radius 2 is 2.00 bits per heavy atom. The molecule has 1 rings (SSSR count). The molecule has 5 nitrogen and oxygen atoms in total. The number of aryl methyl sites for hydroxylation is 1. The highest BCUT2D eigenvalue weighted by molar-refractivity contribution is 7.86. The van der Waals surface area contributed by atoms with Gasteiger partial charge in [0.15, 0.2) is 0 Å². The lowest BCUT2D eigenvalue weighted by Gasteiger charge is -2.10. The number of nitrogens with zero attached hydrogens (tertiary/aromatic N) is 3. The first-order valence-corrected chi connectivity index (χ1v) is 5.64. The highest BCUT2D eigenvalue weighted by Crippen LogP contribution is 2.17. The molecule has 0 saturated heterocycles. The van der Waals surface area contributed by atoms with Gasteiger partial charge in [-0.25, -0.2) is 0 Å². The van der Waals surface area contributed by atoms with Crippen molar-refractivity contribution in [3.05, 3.63) is 5.82 Å². The molecule has 0 amide bonds. The summed E-state index contributed by atoms with van der Waals surface area (Å²) in [5.41, 5.74) is 0. The summed E-state index contributed by atoms with van der Waals surface area (Å²) in [6.45, 7) is 5.30. The second kappa shape index (κ2) is 3.64. The van der Waals surface area contributed by atoms with Crippen LogP contribution in [0.3, 0.4) is 0 Å². The third-order valence-electron chi connectivity index (χ3n) is 1.79. The zero-order valence-corrected chi connectivity index (χ0v) is 9.05.